The number of fused-ring (bicyclic) bond motifs is 1. The molecule has 1 N–H and O–H groups in total. The van der Waals surface area contributed by atoms with E-state index in [2.05, 4.69) is 17.1 Å². The molecule has 1 atom stereocenters. The van der Waals surface area contributed by atoms with E-state index in [0.29, 0.717) is 6.04 Å². The van der Waals surface area contributed by atoms with Gasteiger partial charge in [-0.15, -0.1) is 0 Å². The number of likely N-dealkylation sites (N-methyl/N-ethyl adjacent to an activating group) is 1. The van der Waals surface area contributed by atoms with Gasteiger partial charge in [0.05, 0.1) is 0 Å². The van der Waals surface area contributed by atoms with E-state index in [-0.39, 0.29) is 5.82 Å². The molecule has 0 amide bonds. The third-order valence-corrected chi connectivity index (χ3v) is 3.38. The van der Waals surface area contributed by atoms with Gasteiger partial charge < -0.3 is 10.2 Å². The van der Waals surface area contributed by atoms with Crippen LogP contribution in [0.25, 0.3) is 0 Å². The van der Waals surface area contributed by atoms with Gasteiger partial charge in [0.1, 0.15) is 5.82 Å². The standard InChI is InChI=1S/C13H19FN2/c1-3-12(15-2)9-16-7-6-10-4-5-11(14)8-13(10)16/h4-5,8,12,15H,3,6-7,9H2,1-2H3. The van der Waals surface area contributed by atoms with Gasteiger partial charge in [0.2, 0.25) is 0 Å². The first-order valence-corrected chi connectivity index (χ1v) is 5.95. The fourth-order valence-electron chi connectivity index (χ4n) is 2.30. The molecular formula is C13H19FN2. The topological polar surface area (TPSA) is 15.3 Å². The molecule has 0 aliphatic carbocycles. The van der Waals surface area contributed by atoms with Crippen molar-refractivity contribution < 1.29 is 4.39 Å². The Kier molecular flexibility index (Phi) is 3.44. The Balaban J connectivity index is 2.13. The summed E-state index contributed by atoms with van der Waals surface area (Å²) in [5.41, 5.74) is 2.35. The number of rotatable bonds is 4. The Labute approximate surface area is 96.5 Å². The molecule has 3 heteroatoms. The maximum Gasteiger partial charge on any atom is 0.125 e. The first-order chi connectivity index (χ1) is 7.74. The van der Waals surface area contributed by atoms with Gasteiger partial charge in [0, 0.05) is 24.8 Å². The van der Waals surface area contributed by atoms with E-state index in [9.17, 15) is 4.39 Å². The first kappa shape index (κ1) is 11.4. The molecule has 2 nitrogen and oxygen atoms in total. The highest BCUT2D eigenvalue weighted by molar-refractivity contribution is 5.58. The summed E-state index contributed by atoms with van der Waals surface area (Å²) in [5.74, 6) is -0.136. The lowest BCUT2D eigenvalue weighted by atomic mass is 10.1. The average Bonchev–Trinajstić information content (AvgIpc) is 2.68. The fraction of sp³-hybridized carbons (Fsp3) is 0.538. The summed E-state index contributed by atoms with van der Waals surface area (Å²) in [6, 6.07) is 5.60. The summed E-state index contributed by atoms with van der Waals surface area (Å²) in [7, 11) is 1.98. The Morgan fingerprint density at radius 2 is 2.31 bits per heavy atom. The predicted molar refractivity (Wildman–Crippen MR) is 65.5 cm³/mol. The van der Waals surface area contributed by atoms with Crippen molar-refractivity contribution in [3.63, 3.8) is 0 Å². The normalized spacial score (nSPS) is 16.3. The lowest BCUT2D eigenvalue weighted by Gasteiger charge is -2.25. The molecule has 0 bridgehead atoms. The van der Waals surface area contributed by atoms with E-state index in [0.717, 1.165) is 31.6 Å². The summed E-state index contributed by atoms with van der Waals surface area (Å²) in [4.78, 5) is 2.28. The van der Waals surface area contributed by atoms with Crippen LogP contribution in [0.5, 0.6) is 0 Å². The van der Waals surface area contributed by atoms with Crippen LogP contribution in [-0.2, 0) is 6.42 Å². The predicted octanol–water partition coefficient (Wildman–Crippen LogP) is 2.19. The van der Waals surface area contributed by atoms with Crippen LogP contribution < -0.4 is 10.2 Å². The second kappa shape index (κ2) is 4.83. The van der Waals surface area contributed by atoms with Crippen molar-refractivity contribution in [3.8, 4) is 0 Å². The van der Waals surface area contributed by atoms with Crippen LogP contribution in [0.3, 0.4) is 0 Å². The van der Waals surface area contributed by atoms with E-state index < -0.39 is 0 Å². The Morgan fingerprint density at radius 3 is 3.00 bits per heavy atom. The van der Waals surface area contributed by atoms with Gasteiger partial charge in [-0.3, -0.25) is 0 Å². The largest absolute Gasteiger partial charge is 0.369 e. The fourth-order valence-corrected chi connectivity index (χ4v) is 2.30. The Hall–Kier alpha value is -1.09. The van der Waals surface area contributed by atoms with Gasteiger partial charge in [-0.05, 0) is 37.6 Å². The summed E-state index contributed by atoms with van der Waals surface area (Å²) < 4.78 is 13.2. The highest BCUT2D eigenvalue weighted by Crippen LogP contribution is 2.28. The maximum absolute atomic E-state index is 13.2. The zero-order valence-electron chi connectivity index (χ0n) is 9.96. The van der Waals surface area contributed by atoms with Gasteiger partial charge in [0.15, 0.2) is 0 Å². The summed E-state index contributed by atoms with van der Waals surface area (Å²) in [5, 5.41) is 3.29. The number of benzene rings is 1. The number of nitrogens with one attached hydrogen (secondary N) is 1. The van der Waals surface area contributed by atoms with Crippen LogP contribution >= 0.6 is 0 Å². The Bertz CT molecular complexity index is 361. The van der Waals surface area contributed by atoms with Crippen molar-refractivity contribution in [2.24, 2.45) is 0 Å². The van der Waals surface area contributed by atoms with E-state index >= 15 is 0 Å². The summed E-state index contributed by atoms with van der Waals surface area (Å²) >= 11 is 0. The van der Waals surface area contributed by atoms with Crippen LogP contribution in [0.1, 0.15) is 18.9 Å². The monoisotopic (exact) mass is 222 g/mol. The third kappa shape index (κ3) is 2.19. The molecule has 1 aromatic carbocycles. The SMILES string of the molecule is CCC(CN1CCc2ccc(F)cc21)NC. The zero-order chi connectivity index (χ0) is 11.5. The van der Waals surface area contributed by atoms with Crippen LogP contribution in [0.15, 0.2) is 18.2 Å². The van der Waals surface area contributed by atoms with Crippen molar-refractivity contribution in [3.05, 3.63) is 29.6 Å². The van der Waals surface area contributed by atoms with Crippen molar-refractivity contribution in [1.82, 2.24) is 5.32 Å². The van der Waals surface area contributed by atoms with Crippen molar-refractivity contribution >= 4 is 5.69 Å². The number of halogens is 1. The van der Waals surface area contributed by atoms with Crippen LogP contribution in [-0.4, -0.2) is 26.2 Å². The minimum absolute atomic E-state index is 0.136. The smallest absolute Gasteiger partial charge is 0.125 e. The lowest BCUT2D eigenvalue weighted by molar-refractivity contribution is 0.536. The first-order valence-electron chi connectivity index (χ1n) is 5.95. The molecule has 1 aliphatic heterocycles. The minimum atomic E-state index is -0.136. The molecular weight excluding hydrogens is 203 g/mol. The molecule has 0 saturated heterocycles. The van der Waals surface area contributed by atoms with Gasteiger partial charge in [-0.25, -0.2) is 4.39 Å². The van der Waals surface area contributed by atoms with Crippen LogP contribution in [0.2, 0.25) is 0 Å². The maximum atomic E-state index is 13.2. The van der Waals surface area contributed by atoms with E-state index in [4.69, 9.17) is 0 Å². The molecule has 88 valence electrons. The van der Waals surface area contributed by atoms with Gasteiger partial charge >= 0.3 is 0 Å². The molecule has 2 rings (SSSR count). The van der Waals surface area contributed by atoms with Crippen LogP contribution in [0.4, 0.5) is 10.1 Å². The zero-order valence-corrected chi connectivity index (χ0v) is 9.96. The van der Waals surface area contributed by atoms with Gasteiger partial charge in [-0.2, -0.15) is 0 Å². The molecule has 1 aromatic rings. The Morgan fingerprint density at radius 1 is 1.50 bits per heavy atom. The molecule has 0 saturated carbocycles. The van der Waals surface area contributed by atoms with Crippen LogP contribution in [0, 0.1) is 5.82 Å². The number of nitrogens with zero attached hydrogens (tertiary/aromatic N) is 1. The number of anilines is 1. The lowest BCUT2D eigenvalue weighted by Crippen LogP contribution is -2.38. The molecule has 1 aliphatic rings. The highest BCUT2D eigenvalue weighted by atomic mass is 19.1. The second-order valence-electron chi connectivity index (χ2n) is 4.36. The number of hydrogen-bond donors (Lipinski definition) is 1. The van der Waals surface area contributed by atoms with Gasteiger partial charge in [-0.1, -0.05) is 13.0 Å². The third-order valence-electron chi connectivity index (χ3n) is 3.38. The average molecular weight is 222 g/mol. The quantitative estimate of drug-likeness (QED) is 0.840. The molecule has 0 aromatic heterocycles. The summed E-state index contributed by atoms with van der Waals surface area (Å²) in [6.07, 6.45) is 2.13. The molecule has 0 spiro atoms. The summed E-state index contributed by atoms with van der Waals surface area (Å²) in [6.45, 7) is 4.14. The van der Waals surface area contributed by atoms with E-state index in [1.807, 2.05) is 13.1 Å². The van der Waals surface area contributed by atoms with Crippen molar-refractivity contribution in [2.75, 3.05) is 25.0 Å². The molecule has 0 radical (unpaired) electrons. The second-order valence-corrected chi connectivity index (χ2v) is 4.36. The van der Waals surface area contributed by atoms with E-state index in [1.165, 1.54) is 5.56 Å². The van der Waals surface area contributed by atoms with Crippen molar-refractivity contribution in [1.29, 1.82) is 0 Å². The van der Waals surface area contributed by atoms with Crippen molar-refractivity contribution in [2.45, 2.75) is 25.8 Å². The minimum Gasteiger partial charge on any atom is -0.369 e. The number of hydrogen-bond acceptors (Lipinski definition) is 2. The van der Waals surface area contributed by atoms with Gasteiger partial charge in [0.25, 0.3) is 0 Å². The van der Waals surface area contributed by atoms with E-state index in [1.54, 1.807) is 12.1 Å². The molecule has 16 heavy (non-hydrogen) atoms. The molecule has 0 fully saturated rings. The highest BCUT2D eigenvalue weighted by Gasteiger charge is 2.21. The molecule has 1 unspecified atom stereocenters. The molecule has 1 heterocycles.